The summed E-state index contributed by atoms with van der Waals surface area (Å²) in [6.07, 6.45) is 4.83. The first-order chi connectivity index (χ1) is 9.65. The summed E-state index contributed by atoms with van der Waals surface area (Å²) in [5.74, 6) is 7.23. The Morgan fingerprint density at radius 2 is 2.35 bits per heavy atom. The molecule has 2 atom stereocenters. The van der Waals surface area contributed by atoms with E-state index in [1.165, 1.54) is 0 Å². The first-order valence-electron chi connectivity index (χ1n) is 7.18. The molecule has 1 aromatic heterocycles. The average molecular weight is 279 g/mol. The Kier molecular flexibility index (Phi) is 5.34. The maximum absolute atomic E-state index is 5.70. The highest BCUT2D eigenvalue weighted by molar-refractivity contribution is 5.41. The highest BCUT2D eigenvalue weighted by atomic mass is 16.5. The molecular weight excluding hydrogens is 254 g/mol. The molecule has 0 bridgehead atoms. The van der Waals surface area contributed by atoms with E-state index in [9.17, 15) is 0 Å². The third-order valence-corrected chi connectivity index (χ3v) is 4.07. The average Bonchev–Trinajstić information content (AvgIpc) is 2.94. The number of aromatic nitrogens is 1. The fourth-order valence-electron chi connectivity index (χ4n) is 2.89. The van der Waals surface area contributed by atoms with Crippen LogP contribution in [0.1, 0.15) is 29.7 Å². The summed E-state index contributed by atoms with van der Waals surface area (Å²) in [6.45, 7) is 5.79. The number of pyridine rings is 1. The van der Waals surface area contributed by atoms with Gasteiger partial charge in [0, 0.05) is 48.7 Å². The minimum atomic E-state index is 0.223. The number of nitrogens with one attached hydrogen (secondary N) is 1. The molecule has 0 amide bonds. The Morgan fingerprint density at radius 3 is 2.95 bits per heavy atom. The van der Waals surface area contributed by atoms with Gasteiger partial charge in [-0.1, -0.05) is 0 Å². The van der Waals surface area contributed by atoms with Crippen LogP contribution in [0.2, 0.25) is 0 Å². The van der Waals surface area contributed by atoms with Crippen LogP contribution in [0.5, 0.6) is 5.75 Å². The summed E-state index contributed by atoms with van der Waals surface area (Å²) in [7, 11) is 1.70. The van der Waals surface area contributed by atoms with Crippen molar-refractivity contribution in [1.29, 1.82) is 0 Å². The lowest BCUT2D eigenvalue weighted by Crippen LogP contribution is -2.38. The molecule has 0 aromatic carbocycles. The van der Waals surface area contributed by atoms with E-state index >= 15 is 0 Å². The van der Waals surface area contributed by atoms with Crippen LogP contribution < -0.4 is 16.0 Å². The summed E-state index contributed by atoms with van der Waals surface area (Å²) < 4.78 is 10.9. The second-order valence-corrected chi connectivity index (χ2v) is 5.58. The van der Waals surface area contributed by atoms with Gasteiger partial charge in [-0.25, -0.2) is 0 Å². The van der Waals surface area contributed by atoms with Crippen LogP contribution in [0.25, 0.3) is 0 Å². The van der Waals surface area contributed by atoms with Crippen LogP contribution in [0.3, 0.4) is 0 Å². The number of rotatable bonds is 6. The van der Waals surface area contributed by atoms with Crippen LogP contribution >= 0.6 is 0 Å². The highest BCUT2D eigenvalue weighted by Gasteiger charge is 2.22. The van der Waals surface area contributed by atoms with E-state index in [1.807, 2.05) is 13.1 Å². The van der Waals surface area contributed by atoms with Gasteiger partial charge in [0.15, 0.2) is 0 Å². The Hall–Kier alpha value is -1.17. The molecule has 3 N–H and O–H groups in total. The first kappa shape index (κ1) is 15.2. The van der Waals surface area contributed by atoms with Gasteiger partial charge in [-0.2, -0.15) is 0 Å². The molecule has 20 heavy (non-hydrogen) atoms. The standard InChI is InChI=1S/C15H25N3O2/c1-10-8-17-14(11(2)15(10)19-3)7-13(18-16)6-12-4-5-20-9-12/h8,12-13,18H,4-7,9,16H2,1-3H3. The zero-order chi connectivity index (χ0) is 14.5. The van der Waals surface area contributed by atoms with Gasteiger partial charge in [0.1, 0.15) is 5.75 Å². The monoisotopic (exact) mass is 279 g/mol. The maximum Gasteiger partial charge on any atom is 0.128 e. The van der Waals surface area contributed by atoms with E-state index in [-0.39, 0.29) is 6.04 Å². The van der Waals surface area contributed by atoms with Crippen LogP contribution in [-0.2, 0) is 11.2 Å². The molecule has 0 radical (unpaired) electrons. The second kappa shape index (κ2) is 7.02. The third-order valence-electron chi connectivity index (χ3n) is 4.07. The normalized spacial score (nSPS) is 20.1. The second-order valence-electron chi connectivity index (χ2n) is 5.58. The molecule has 0 aliphatic carbocycles. The van der Waals surface area contributed by atoms with E-state index in [1.54, 1.807) is 7.11 Å². The van der Waals surface area contributed by atoms with Gasteiger partial charge in [-0.15, -0.1) is 0 Å². The quantitative estimate of drug-likeness (QED) is 0.610. The van der Waals surface area contributed by atoms with Crippen LogP contribution in [-0.4, -0.2) is 31.3 Å². The van der Waals surface area contributed by atoms with Gasteiger partial charge < -0.3 is 9.47 Å². The van der Waals surface area contributed by atoms with E-state index in [0.29, 0.717) is 5.92 Å². The zero-order valence-electron chi connectivity index (χ0n) is 12.6. The number of methoxy groups -OCH3 is 1. The van der Waals surface area contributed by atoms with E-state index in [4.69, 9.17) is 15.3 Å². The number of nitrogens with zero attached hydrogens (tertiary/aromatic N) is 1. The van der Waals surface area contributed by atoms with Gasteiger partial charge in [-0.05, 0) is 32.6 Å². The Balaban J connectivity index is 2.06. The number of hydrogen-bond donors (Lipinski definition) is 2. The SMILES string of the molecule is COc1c(C)cnc(CC(CC2CCOC2)NN)c1C. The summed E-state index contributed by atoms with van der Waals surface area (Å²) in [4.78, 5) is 4.54. The van der Waals surface area contributed by atoms with Gasteiger partial charge in [0.2, 0.25) is 0 Å². The fraction of sp³-hybridized carbons (Fsp3) is 0.667. The number of aryl methyl sites for hydroxylation is 1. The van der Waals surface area contributed by atoms with Crippen molar-refractivity contribution in [3.05, 3.63) is 23.0 Å². The van der Waals surface area contributed by atoms with Gasteiger partial charge in [0.25, 0.3) is 0 Å². The zero-order valence-corrected chi connectivity index (χ0v) is 12.6. The molecule has 1 fully saturated rings. The molecular formula is C15H25N3O2. The molecule has 1 saturated heterocycles. The molecule has 2 heterocycles. The van der Waals surface area contributed by atoms with Gasteiger partial charge >= 0.3 is 0 Å². The Bertz CT molecular complexity index is 445. The minimum Gasteiger partial charge on any atom is -0.496 e. The van der Waals surface area contributed by atoms with Crippen molar-refractivity contribution in [1.82, 2.24) is 10.4 Å². The molecule has 0 saturated carbocycles. The number of hydrazine groups is 1. The van der Waals surface area contributed by atoms with Gasteiger partial charge in [-0.3, -0.25) is 16.3 Å². The first-order valence-corrected chi connectivity index (χ1v) is 7.18. The maximum atomic E-state index is 5.70. The third kappa shape index (κ3) is 3.48. The predicted octanol–water partition coefficient (Wildman–Crippen LogP) is 1.51. The highest BCUT2D eigenvalue weighted by Crippen LogP contribution is 2.26. The van der Waals surface area contributed by atoms with Crippen molar-refractivity contribution >= 4 is 0 Å². The summed E-state index contributed by atoms with van der Waals surface area (Å²) >= 11 is 0. The molecule has 0 spiro atoms. The van der Waals surface area contributed by atoms with Crippen molar-refractivity contribution in [3.8, 4) is 5.75 Å². The van der Waals surface area contributed by atoms with Gasteiger partial charge in [0.05, 0.1) is 7.11 Å². The lowest BCUT2D eigenvalue weighted by atomic mass is 9.95. The van der Waals surface area contributed by atoms with E-state index in [2.05, 4.69) is 17.3 Å². The predicted molar refractivity (Wildman–Crippen MR) is 78.6 cm³/mol. The van der Waals surface area contributed by atoms with Crippen LogP contribution in [0.15, 0.2) is 6.20 Å². The topological polar surface area (TPSA) is 69.4 Å². The molecule has 2 rings (SSSR count). The number of ether oxygens (including phenoxy) is 2. The lowest BCUT2D eigenvalue weighted by molar-refractivity contribution is 0.181. The van der Waals surface area contributed by atoms with E-state index < -0.39 is 0 Å². The van der Waals surface area contributed by atoms with Crippen molar-refractivity contribution in [2.24, 2.45) is 11.8 Å². The molecule has 1 aliphatic rings. The summed E-state index contributed by atoms with van der Waals surface area (Å²) in [5, 5.41) is 0. The van der Waals surface area contributed by atoms with Crippen molar-refractivity contribution in [2.45, 2.75) is 39.2 Å². The Morgan fingerprint density at radius 1 is 1.55 bits per heavy atom. The van der Waals surface area contributed by atoms with Crippen molar-refractivity contribution in [2.75, 3.05) is 20.3 Å². The molecule has 1 aliphatic heterocycles. The molecule has 5 nitrogen and oxygen atoms in total. The molecule has 5 heteroatoms. The number of nitrogens with two attached hydrogens (primary N) is 1. The van der Waals surface area contributed by atoms with Crippen LogP contribution in [0.4, 0.5) is 0 Å². The number of hydrogen-bond acceptors (Lipinski definition) is 5. The molecule has 2 unspecified atom stereocenters. The fourth-order valence-corrected chi connectivity index (χ4v) is 2.89. The summed E-state index contributed by atoms with van der Waals surface area (Å²) in [6, 6.07) is 0.223. The lowest BCUT2D eigenvalue weighted by Gasteiger charge is -2.20. The smallest absolute Gasteiger partial charge is 0.128 e. The van der Waals surface area contributed by atoms with E-state index in [0.717, 1.165) is 55.0 Å². The largest absolute Gasteiger partial charge is 0.496 e. The molecule has 112 valence electrons. The van der Waals surface area contributed by atoms with Crippen molar-refractivity contribution in [3.63, 3.8) is 0 Å². The van der Waals surface area contributed by atoms with Crippen LogP contribution in [0, 0.1) is 19.8 Å². The minimum absolute atomic E-state index is 0.223. The Labute approximate surface area is 120 Å². The summed E-state index contributed by atoms with van der Waals surface area (Å²) in [5.41, 5.74) is 6.14. The van der Waals surface area contributed by atoms with Crippen molar-refractivity contribution < 1.29 is 9.47 Å². The molecule has 1 aromatic rings.